The molecule has 0 radical (unpaired) electrons. The van der Waals surface area contributed by atoms with Crippen molar-refractivity contribution < 1.29 is 14.3 Å². The Morgan fingerprint density at radius 1 is 1.04 bits per heavy atom. The number of hydrogen-bond acceptors (Lipinski definition) is 4. The van der Waals surface area contributed by atoms with Gasteiger partial charge in [-0.3, -0.25) is 4.79 Å². The van der Waals surface area contributed by atoms with Crippen LogP contribution in [0.1, 0.15) is 30.9 Å². The zero-order chi connectivity index (χ0) is 20.0. The molecule has 6 heteroatoms. The molecule has 0 atom stereocenters. The summed E-state index contributed by atoms with van der Waals surface area (Å²) in [6.07, 6.45) is 1.37. The number of nitrogens with two attached hydrogens (primary N) is 1. The van der Waals surface area contributed by atoms with Gasteiger partial charge in [-0.05, 0) is 42.5 Å². The van der Waals surface area contributed by atoms with Gasteiger partial charge in [0.05, 0.1) is 5.54 Å². The Kier molecular flexibility index (Phi) is 6.31. The van der Waals surface area contributed by atoms with Gasteiger partial charge in [0.2, 0.25) is 5.91 Å². The quantitative estimate of drug-likeness (QED) is 0.832. The molecular weight excluding hydrogens is 354 g/mol. The number of anilines is 1. The fourth-order valence-corrected chi connectivity index (χ4v) is 3.21. The van der Waals surface area contributed by atoms with E-state index in [0.717, 1.165) is 17.7 Å². The molecule has 0 spiro atoms. The van der Waals surface area contributed by atoms with Crippen molar-refractivity contribution in [1.29, 1.82) is 0 Å². The molecule has 0 saturated carbocycles. The Morgan fingerprint density at radius 3 is 2.29 bits per heavy atom. The lowest BCUT2D eigenvalue weighted by Gasteiger charge is -2.37. The number of nitrogens with zero attached hydrogens (tertiary/aromatic N) is 1. The molecule has 3 rings (SSSR count). The summed E-state index contributed by atoms with van der Waals surface area (Å²) in [6.45, 7) is 3.11. The highest BCUT2D eigenvalue weighted by molar-refractivity contribution is 5.98. The number of likely N-dealkylation sites (tertiary alicyclic amines) is 1. The monoisotopic (exact) mass is 381 g/mol. The number of benzene rings is 2. The van der Waals surface area contributed by atoms with E-state index in [1.165, 1.54) is 5.56 Å². The molecular formula is C22H27N3O3. The van der Waals surface area contributed by atoms with Gasteiger partial charge in [0.25, 0.3) is 0 Å². The molecule has 1 heterocycles. The third kappa shape index (κ3) is 4.89. The van der Waals surface area contributed by atoms with Crippen LogP contribution >= 0.6 is 0 Å². The summed E-state index contributed by atoms with van der Waals surface area (Å²) in [5.41, 5.74) is 8.24. The number of rotatable bonds is 5. The van der Waals surface area contributed by atoms with E-state index in [4.69, 9.17) is 10.5 Å². The van der Waals surface area contributed by atoms with Crippen LogP contribution in [0.2, 0.25) is 0 Å². The van der Waals surface area contributed by atoms with Crippen LogP contribution in [-0.2, 0) is 22.6 Å². The summed E-state index contributed by atoms with van der Waals surface area (Å²) in [5.74, 6) is -0.214. The van der Waals surface area contributed by atoms with E-state index in [9.17, 15) is 9.59 Å². The van der Waals surface area contributed by atoms with Crippen LogP contribution in [0.3, 0.4) is 0 Å². The standard InChI is InChI=1S/C22H27N3O3/c1-2-17-8-10-19(11-9-17)24-20(26)22(23)12-14-25(15-13-22)21(27)28-16-18-6-4-3-5-7-18/h3-11H,2,12-16,23H2,1H3,(H,24,26). The molecule has 1 fully saturated rings. The zero-order valence-electron chi connectivity index (χ0n) is 16.2. The highest BCUT2D eigenvalue weighted by atomic mass is 16.6. The zero-order valence-corrected chi connectivity index (χ0v) is 16.2. The normalized spacial score (nSPS) is 15.7. The van der Waals surface area contributed by atoms with Gasteiger partial charge in [-0.25, -0.2) is 4.79 Å². The Hall–Kier alpha value is -2.86. The smallest absolute Gasteiger partial charge is 0.410 e. The van der Waals surface area contributed by atoms with Crippen molar-refractivity contribution in [2.24, 2.45) is 5.73 Å². The first-order valence-corrected chi connectivity index (χ1v) is 9.65. The summed E-state index contributed by atoms with van der Waals surface area (Å²) in [6, 6.07) is 17.3. The van der Waals surface area contributed by atoms with Crippen molar-refractivity contribution in [3.63, 3.8) is 0 Å². The molecule has 2 aromatic rings. The van der Waals surface area contributed by atoms with Crippen LogP contribution in [-0.4, -0.2) is 35.5 Å². The Balaban J connectivity index is 1.49. The SMILES string of the molecule is CCc1ccc(NC(=O)C2(N)CCN(C(=O)OCc3ccccc3)CC2)cc1. The third-order valence-electron chi connectivity index (χ3n) is 5.19. The molecule has 148 valence electrons. The predicted octanol–water partition coefficient (Wildman–Crippen LogP) is 3.32. The van der Waals surface area contributed by atoms with Crippen LogP contribution < -0.4 is 11.1 Å². The molecule has 0 unspecified atom stereocenters. The average Bonchev–Trinajstić information content (AvgIpc) is 2.74. The number of aryl methyl sites for hydroxylation is 1. The lowest BCUT2D eigenvalue weighted by atomic mass is 9.87. The van der Waals surface area contributed by atoms with Crippen LogP contribution in [0.15, 0.2) is 54.6 Å². The van der Waals surface area contributed by atoms with Crippen molar-refractivity contribution in [2.75, 3.05) is 18.4 Å². The third-order valence-corrected chi connectivity index (χ3v) is 5.19. The first-order chi connectivity index (χ1) is 13.5. The van der Waals surface area contributed by atoms with Crippen molar-refractivity contribution in [3.05, 3.63) is 65.7 Å². The largest absolute Gasteiger partial charge is 0.445 e. The summed E-state index contributed by atoms with van der Waals surface area (Å²) in [7, 11) is 0. The van der Waals surface area contributed by atoms with Gasteiger partial charge in [-0.15, -0.1) is 0 Å². The maximum atomic E-state index is 12.7. The second kappa shape index (κ2) is 8.89. The van der Waals surface area contributed by atoms with E-state index in [0.29, 0.717) is 25.9 Å². The van der Waals surface area contributed by atoms with Gasteiger partial charge in [0.1, 0.15) is 6.61 Å². The number of hydrogen-bond donors (Lipinski definition) is 2. The minimum atomic E-state index is -0.986. The van der Waals surface area contributed by atoms with Gasteiger partial charge in [-0.1, -0.05) is 49.4 Å². The van der Waals surface area contributed by atoms with E-state index >= 15 is 0 Å². The minimum Gasteiger partial charge on any atom is -0.445 e. The first kappa shape index (κ1) is 19.9. The lowest BCUT2D eigenvalue weighted by molar-refractivity contribution is -0.122. The summed E-state index contributed by atoms with van der Waals surface area (Å²) in [4.78, 5) is 26.5. The van der Waals surface area contributed by atoms with Crippen LogP contribution in [0.4, 0.5) is 10.5 Å². The number of nitrogens with one attached hydrogen (secondary N) is 1. The number of ether oxygens (including phenoxy) is 1. The van der Waals surface area contributed by atoms with Crippen molar-refractivity contribution >= 4 is 17.7 Å². The molecule has 0 aromatic heterocycles. The highest BCUT2D eigenvalue weighted by Gasteiger charge is 2.39. The van der Waals surface area contributed by atoms with Gasteiger partial charge < -0.3 is 20.7 Å². The van der Waals surface area contributed by atoms with Gasteiger partial charge in [0, 0.05) is 18.8 Å². The maximum absolute atomic E-state index is 12.7. The first-order valence-electron chi connectivity index (χ1n) is 9.65. The van der Waals surface area contributed by atoms with E-state index < -0.39 is 5.54 Å². The number of amides is 2. The lowest BCUT2D eigenvalue weighted by Crippen LogP contribution is -2.58. The maximum Gasteiger partial charge on any atom is 0.410 e. The van der Waals surface area contributed by atoms with Gasteiger partial charge in [0.15, 0.2) is 0 Å². The molecule has 6 nitrogen and oxygen atoms in total. The second-order valence-corrected chi connectivity index (χ2v) is 7.19. The number of carbonyl (C=O) groups is 2. The average molecular weight is 381 g/mol. The van der Waals surface area contributed by atoms with E-state index in [-0.39, 0.29) is 18.6 Å². The van der Waals surface area contributed by atoms with Crippen LogP contribution in [0.25, 0.3) is 0 Å². The molecule has 2 amide bonds. The summed E-state index contributed by atoms with van der Waals surface area (Å²) < 4.78 is 5.36. The Labute approximate surface area is 165 Å². The van der Waals surface area contributed by atoms with E-state index in [2.05, 4.69) is 12.2 Å². The fraction of sp³-hybridized carbons (Fsp3) is 0.364. The Morgan fingerprint density at radius 2 is 1.68 bits per heavy atom. The van der Waals surface area contributed by atoms with Crippen molar-refractivity contribution in [1.82, 2.24) is 4.90 Å². The van der Waals surface area contributed by atoms with Crippen LogP contribution in [0.5, 0.6) is 0 Å². The van der Waals surface area contributed by atoms with Crippen LogP contribution in [0, 0.1) is 0 Å². The number of carbonyl (C=O) groups excluding carboxylic acids is 2. The van der Waals surface area contributed by atoms with Crippen molar-refractivity contribution in [3.8, 4) is 0 Å². The Bertz CT molecular complexity index is 798. The molecule has 1 saturated heterocycles. The highest BCUT2D eigenvalue weighted by Crippen LogP contribution is 2.23. The van der Waals surface area contributed by atoms with Gasteiger partial charge >= 0.3 is 6.09 Å². The molecule has 2 aromatic carbocycles. The minimum absolute atomic E-state index is 0.214. The molecule has 0 bridgehead atoms. The topological polar surface area (TPSA) is 84.7 Å². The predicted molar refractivity (Wildman–Crippen MR) is 109 cm³/mol. The molecule has 1 aliphatic heterocycles. The molecule has 28 heavy (non-hydrogen) atoms. The molecule has 1 aliphatic rings. The van der Waals surface area contributed by atoms with E-state index in [1.807, 2.05) is 54.6 Å². The van der Waals surface area contributed by atoms with Crippen molar-refractivity contribution in [2.45, 2.75) is 38.3 Å². The van der Waals surface area contributed by atoms with Gasteiger partial charge in [-0.2, -0.15) is 0 Å². The second-order valence-electron chi connectivity index (χ2n) is 7.19. The molecule has 0 aliphatic carbocycles. The summed E-state index contributed by atoms with van der Waals surface area (Å²) >= 11 is 0. The summed E-state index contributed by atoms with van der Waals surface area (Å²) in [5, 5.41) is 2.90. The number of piperidine rings is 1. The fourth-order valence-electron chi connectivity index (χ4n) is 3.21. The molecule has 3 N–H and O–H groups in total. The van der Waals surface area contributed by atoms with E-state index in [1.54, 1.807) is 4.90 Å².